The maximum absolute atomic E-state index is 12.1. The van der Waals surface area contributed by atoms with Crippen LogP contribution in [-0.4, -0.2) is 36.5 Å². The molecule has 0 heterocycles. The summed E-state index contributed by atoms with van der Waals surface area (Å²) in [7, 11) is 0. The third-order valence-corrected chi connectivity index (χ3v) is 3.69. The molecule has 3 N–H and O–H groups in total. The van der Waals surface area contributed by atoms with E-state index in [0.717, 1.165) is 24.7 Å². The summed E-state index contributed by atoms with van der Waals surface area (Å²) in [5, 5.41) is 2.97. The van der Waals surface area contributed by atoms with E-state index in [9.17, 15) is 4.79 Å². The fraction of sp³-hybridized carbons (Fsp3) is 0.533. The molecule has 19 heavy (non-hydrogen) atoms. The highest BCUT2D eigenvalue weighted by atomic mass is 16.1. The molecule has 0 aromatic heterocycles. The fourth-order valence-electron chi connectivity index (χ4n) is 2.44. The summed E-state index contributed by atoms with van der Waals surface area (Å²) in [5.41, 5.74) is 7.95. The van der Waals surface area contributed by atoms with Crippen molar-refractivity contribution in [2.45, 2.75) is 32.7 Å². The van der Waals surface area contributed by atoms with Gasteiger partial charge in [0.05, 0.1) is 5.56 Å². The van der Waals surface area contributed by atoms with E-state index >= 15 is 0 Å². The lowest BCUT2D eigenvalue weighted by Gasteiger charge is -2.20. The Hall–Kier alpha value is -1.55. The zero-order valence-electron chi connectivity index (χ0n) is 11.8. The van der Waals surface area contributed by atoms with Crippen LogP contribution in [0.2, 0.25) is 0 Å². The second-order valence-corrected chi connectivity index (χ2v) is 5.15. The zero-order valence-corrected chi connectivity index (χ0v) is 11.8. The number of anilines is 1. The fourth-order valence-corrected chi connectivity index (χ4v) is 2.44. The van der Waals surface area contributed by atoms with Gasteiger partial charge in [-0.1, -0.05) is 19.1 Å². The number of aryl methyl sites for hydroxylation is 1. The Morgan fingerprint density at radius 2 is 2.21 bits per heavy atom. The maximum atomic E-state index is 12.1. The minimum atomic E-state index is -0.0672. The SMILES string of the molecule is CCN(CCNC(=O)c1c(C)cccc1N)C1CC1. The second kappa shape index (κ2) is 6.06. The molecule has 0 spiro atoms. The van der Waals surface area contributed by atoms with Gasteiger partial charge in [-0.2, -0.15) is 0 Å². The van der Waals surface area contributed by atoms with Crippen LogP contribution in [-0.2, 0) is 0 Å². The van der Waals surface area contributed by atoms with Crippen LogP contribution in [0, 0.1) is 6.92 Å². The van der Waals surface area contributed by atoms with Gasteiger partial charge in [0.25, 0.3) is 5.91 Å². The van der Waals surface area contributed by atoms with Crippen molar-refractivity contribution in [1.82, 2.24) is 10.2 Å². The highest BCUT2D eigenvalue weighted by Crippen LogP contribution is 2.25. The molecule has 104 valence electrons. The van der Waals surface area contributed by atoms with Gasteiger partial charge >= 0.3 is 0 Å². The molecule has 4 heteroatoms. The van der Waals surface area contributed by atoms with Crippen molar-refractivity contribution in [3.05, 3.63) is 29.3 Å². The lowest BCUT2D eigenvalue weighted by Crippen LogP contribution is -2.36. The van der Waals surface area contributed by atoms with Crippen LogP contribution in [0.3, 0.4) is 0 Å². The Balaban J connectivity index is 1.87. The first-order valence-corrected chi connectivity index (χ1v) is 7.00. The predicted octanol–water partition coefficient (Wildman–Crippen LogP) is 1.79. The highest BCUT2D eigenvalue weighted by Gasteiger charge is 2.27. The number of nitrogens with zero attached hydrogens (tertiary/aromatic N) is 1. The average molecular weight is 261 g/mol. The predicted molar refractivity (Wildman–Crippen MR) is 78.2 cm³/mol. The van der Waals surface area contributed by atoms with Gasteiger partial charge < -0.3 is 11.1 Å². The molecule has 1 saturated carbocycles. The quantitative estimate of drug-likeness (QED) is 0.768. The normalized spacial score (nSPS) is 14.7. The molecule has 1 aromatic carbocycles. The maximum Gasteiger partial charge on any atom is 0.253 e. The Labute approximate surface area is 115 Å². The lowest BCUT2D eigenvalue weighted by molar-refractivity contribution is 0.0948. The molecular formula is C15H23N3O. The summed E-state index contributed by atoms with van der Waals surface area (Å²) in [6.45, 7) is 6.72. The van der Waals surface area contributed by atoms with Crippen LogP contribution >= 0.6 is 0 Å². The summed E-state index contributed by atoms with van der Waals surface area (Å²) < 4.78 is 0. The zero-order chi connectivity index (χ0) is 13.8. The summed E-state index contributed by atoms with van der Waals surface area (Å²) in [6.07, 6.45) is 2.60. The van der Waals surface area contributed by atoms with E-state index in [1.54, 1.807) is 6.07 Å². The largest absolute Gasteiger partial charge is 0.398 e. The van der Waals surface area contributed by atoms with Gasteiger partial charge in [-0.05, 0) is 37.9 Å². The van der Waals surface area contributed by atoms with Crippen molar-refractivity contribution in [2.75, 3.05) is 25.4 Å². The summed E-state index contributed by atoms with van der Waals surface area (Å²) in [5.74, 6) is -0.0672. The van der Waals surface area contributed by atoms with E-state index in [1.807, 2.05) is 19.1 Å². The van der Waals surface area contributed by atoms with Crippen LogP contribution in [0.15, 0.2) is 18.2 Å². The third-order valence-electron chi connectivity index (χ3n) is 3.69. The minimum absolute atomic E-state index is 0.0672. The van der Waals surface area contributed by atoms with Crippen LogP contribution in [0.4, 0.5) is 5.69 Å². The summed E-state index contributed by atoms with van der Waals surface area (Å²) in [4.78, 5) is 14.6. The van der Waals surface area contributed by atoms with Crippen molar-refractivity contribution in [3.63, 3.8) is 0 Å². The van der Waals surface area contributed by atoms with E-state index in [1.165, 1.54) is 12.8 Å². The van der Waals surface area contributed by atoms with Gasteiger partial charge in [0.1, 0.15) is 0 Å². The molecule has 0 saturated heterocycles. The molecule has 0 aliphatic heterocycles. The first-order chi connectivity index (χ1) is 9.13. The van der Waals surface area contributed by atoms with E-state index in [2.05, 4.69) is 17.1 Å². The molecule has 0 atom stereocenters. The number of amides is 1. The Morgan fingerprint density at radius 3 is 2.79 bits per heavy atom. The standard InChI is InChI=1S/C15H23N3O/c1-3-18(12-7-8-12)10-9-17-15(19)14-11(2)5-4-6-13(14)16/h4-6,12H,3,7-10,16H2,1-2H3,(H,17,19). The first kappa shape index (κ1) is 13.9. The molecule has 0 radical (unpaired) electrons. The van der Waals surface area contributed by atoms with Crippen molar-refractivity contribution in [2.24, 2.45) is 0 Å². The van der Waals surface area contributed by atoms with Gasteiger partial charge in [-0.25, -0.2) is 0 Å². The average Bonchev–Trinajstić information content (AvgIpc) is 3.18. The number of nitrogen functional groups attached to an aromatic ring is 1. The number of nitrogens with two attached hydrogens (primary N) is 1. The minimum Gasteiger partial charge on any atom is -0.398 e. The number of carbonyl (C=O) groups is 1. The molecule has 2 rings (SSSR count). The number of hydrogen-bond acceptors (Lipinski definition) is 3. The highest BCUT2D eigenvalue weighted by molar-refractivity contribution is 6.00. The summed E-state index contributed by atoms with van der Waals surface area (Å²) >= 11 is 0. The van der Waals surface area contributed by atoms with E-state index < -0.39 is 0 Å². The van der Waals surface area contributed by atoms with Crippen LogP contribution in [0.25, 0.3) is 0 Å². The number of nitrogens with one attached hydrogen (secondary N) is 1. The number of likely N-dealkylation sites (N-methyl/N-ethyl adjacent to an activating group) is 1. The number of rotatable bonds is 6. The van der Waals surface area contributed by atoms with E-state index in [0.29, 0.717) is 17.8 Å². The first-order valence-electron chi connectivity index (χ1n) is 7.00. The van der Waals surface area contributed by atoms with Crippen molar-refractivity contribution >= 4 is 11.6 Å². The molecule has 0 unspecified atom stereocenters. The van der Waals surface area contributed by atoms with Crippen LogP contribution in [0.5, 0.6) is 0 Å². The molecule has 1 aliphatic rings. The van der Waals surface area contributed by atoms with Gasteiger partial charge in [-0.3, -0.25) is 9.69 Å². The molecule has 1 amide bonds. The molecule has 1 fully saturated rings. The van der Waals surface area contributed by atoms with Crippen LogP contribution < -0.4 is 11.1 Å². The molecular weight excluding hydrogens is 238 g/mol. The van der Waals surface area contributed by atoms with Crippen molar-refractivity contribution in [1.29, 1.82) is 0 Å². The van der Waals surface area contributed by atoms with Crippen LogP contribution in [0.1, 0.15) is 35.7 Å². The summed E-state index contributed by atoms with van der Waals surface area (Å²) in [6, 6.07) is 6.29. The molecule has 1 aliphatic carbocycles. The van der Waals surface area contributed by atoms with Gasteiger partial charge in [-0.15, -0.1) is 0 Å². The lowest BCUT2D eigenvalue weighted by atomic mass is 10.1. The van der Waals surface area contributed by atoms with Gasteiger partial charge in [0.15, 0.2) is 0 Å². The topological polar surface area (TPSA) is 58.4 Å². The van der Waals surface area contributed by atoms with Gasteiger partial charge in [0.2, 0.25) is 0 Å². The van der Waals surface area contributed by atoms with E-state index in [-0.39, 0.29) is 5.91 Å². The third kappa shape index (κ3) is 3.47. The smallest absolute Gasteiger partial charge is 0.253 e. The number of carbonyl (C=O) groups excluding carboxylic acids is 1. The molecule has 4 nitrogen and oxygen atoms in total. The second-order valence-electron chi connectivity index (χ2n) is 5.15. The Bertz CT molecular complexity index is 434. The van der Waals surface area contributed by atoms with Gasteiger partial charge in [0, 0.05) is 24.8 Å². The van der Waals surface area contributed by atoms with Crippen molar-refractivity contribution < 1.29 is 4.79 Å². The number of benzene rings is 1. The van der Waals surface area contributed by atoms with Crippen molar-refractivity contribution in [3.8, 4) is 0 Å². The number of hydrogen-bond donors (Lipinski definition) is 2. The Morgan fingerprint density at radius 1 is 1.47 bits per heavy atom. The molecule has 1 aromatic rings. The van der Waals surface area contributed by atoms with E-state index in [4.69, 9.17) is 5.73 Å². The monoisotopic (exact) mass is 261 g/mol. The molecule has 0 bridgehead atoms. The Kier molecular flexibility index (Phi) is 4.43.